The van der Waals surface area contributed by atoms with E-state index in [9.17, 15) is 15.8 Å². The third-order valence-corrected chi connectivity index (χ3v) is 15.7. The summed E-state index contributed by atoms with van der Waals surface area (Å²) >= 11 is 0. The monoisotopic (exact) mass is 1300 g/mol. The normalized spacial score (nSPS) is 38.9. The summed E-state index contributed by atoms with van der Waals surface area (Å²) in [5.74, 6) is -22.7. The number of nitrogens with zero attached hydrogens (tertiary/aromatic N) is 3. The molecule has 9 rings (SSSR count). The molecule has 3 fully saturated rings. The number of nitrogens with two attached hydrogens (primary N) is 3. The van der Waals surface area contributed by atoms with Gasteiger partial charge in [0.25, 0.3) is 0 Å². The standard InChI is InChI=1S/3C24H38N2O4/c3*1-14(2)9-17-13-26-8-7-16-10-21(28-5)22(29-6)11-18(16)19(26)12-20(17)30-24(27)23(25)15(3)4/h3*10-11,14-15,17,19-20,23H,7-9,12-13,25H2,1-6H3/t3*17?,19?,20?,23-/m000/s1/i3D3,4D3,7D2,8D2,10D,11D,15D,20D,23D;3D3,4D3,5D3,7D2,8D2,10D,11D,15D,23D;3D3,4D3,7D2,8D2,10D,11D,15D,23D. The molecular formula is C72H114N6O12. The number of methoxy groups -OCH3 is 6. The highest BCUT2D eigenvalue weighted by Crippen LogP contribution is 2.48. The zero-order valence-corrected chi connectivity index (χ0v) is 52.2. The lowest BCUT2D eigenvalue weighted by atomic mass is 9.79. The number of fused-ring (bicyclic) bond motifs is 9. The molecule has 6 aliphatic rings. The minimum Gasteiger partial charge on any atom is -0.493 e. The molecule has 0 radical (unpaired) electrons. The van der Waals surface area contributed by atoms with Crippen molar-refractivity contribution in [2.75, 3.05) is 81.7 Å². The molecule has 6 heterocycles. The molecule has 0 saturated carbocycles. The van der Waals surface area contributed by atoms with Crippen LogP contribution < -0.4 is 45.6 Å². The van der Waals surface area contributed by atoms with Crippen molar-refractivity contribution in [1.29, 1.82) is 0 Å². The maximum Gasteiger partial charge on any atom is 0.323 e. The van der Waals surface area contributed by atoms with Crippen molar-refractivity contribution < 1.29 is 120 Å². The molecule has 18 nitrogen and oxygen atoms in total. The van der Waals surface area contributed by atoms with E-state index in [-0.39, 0.29) is 102 Å². The van der Waals surface area contributed by atoms with Crippen LogP contribution in [0.15, 0.2) is 36.3 Å². The van der Waals surface area contributed by atoms with E-state index in [0.717, 1.165) is 24.0 Å². The fourth-order valence-electron chi connectivity index (χ4n) is 11.6. The molecule has 90 heavy (non-hydrogen) atoms. The first-order valence-corrected chi connectivity index (χ1v) is 29.0. The number of carbonyl (C=O) groups excluding carboxylic acids is 3. The molecule has 3 aromatic rings. The molecule has 12 atom stereocenters. The van der Waals surface area contributed by atoms with E-state index in [2.05, 4.69) is 0 Å². The van der Waals surface area contributed by atoms with Crippen molar-refractivity contribution in [2.24, 2.45) is 70.4 Å². The van der Waals surface area contributed by atoms with Gasteiger partial charge in [0.1, 0.15) is 36.3 Å². The number of rotatable bonds is 21. The van der Waals surface area contributed by atoms with Gasteiger partial charge < -0.3 is 59.8 Å². The Bertz CT molecular complexity index is 4890. The van der Waals surface area contributed by atoms with Gasteiger partial charge in [0, 0.05) is 140 Å². The number of esters is 3. The first-order chi connectivity index (χ1) is 60.7. The van der Waals surface area contributed by atoms with Crippen LogP contribution in [0.3, 0.4) is 0 Å². The number of benzene rings is 3. The number of hydrogen-bond acceptors (Lipinski definition) is 18. The Kier molecular flexibility index (Phi) is 11.4. The summed E-state index contributed by atoms with van der Waals surface area (Å²) in [6.45, 7) is -21.3. The second-order valence-corrected chi connectivity index (χ2v) is 23.3. The number of piperidine rings is 3. The van der Waals surface area contributed by atoms with Crippen LogP contribution >= 0.6 is 0 Å². The maximum atomic E-state index is 13.5. The van der Waals surface area contributed by atoms with Crippen LogP contribution in [0.2, 0.25) is 0 Å². The fraction of sp³-hybridized carbons (Fsp3) is 0.708. The van der Waals surface area contributed by atoms with Gasteiger partial charge in [-0.3, -0.25) is 29.1 Å². The summed E-state index contributed by atoms with van der Waals surface area (Å²) in [4.78, 5) is 43.8. The van der Waals surface area contributed by atoms with E-state index >= 15 is 0 Å². The average Bonchev–Trinajstić information content (AvgIpc) is 0.689. The van der Waals surface area contributed by atoms with Gasteiger partial charge in [-0.15, -0.1) is 0 Å². The van der Waals surface area contributed by atoms with Crippen LogP contribution in [0.4, 0.5) is 0 Å². The molecule has 3 saturated heterocycles. The van der Waals surface area contributed by atoms with Gasteiger partial charge in [0.15, 0.2) is 34.5 Å². The highest BCUT2D eigenvalue weighted by atomic mass is 16.6. The average molecular weight is 1300 g/mol. The molecule has 3 aromatic carbocycles. The van der Waals surface area contributed by atoms with Crippen LogP contribution in [0.1, 0.15) is 236 Å². The minimum absolute atomic E-state index is 0.0649. The molecule has 0 spiro atoms. The van der Waals surface area contributed by atoms with Crippen molar-refractivity contribution >= 4 is 17.9 Å². The summed E-state index contributed by atoms with van der Waals surface area (Å²) < 4.78 is 427. The van der Waals surface area contributed by atoms with Crippen molar-refractivity contribution in [3.8, 4) is 34.5 Å². The Morgan fingerprint density at radius 3 is 1.11 bits per heavy atom. The van der Waals surface area contributed by atoms with Crippen LogP contribution in [0.5, 0.6) is 34.5 Å². The molecule has 0 bridgehead atoms. The third-order valence-electron chi connectivity index (χ3n) is 15.7. The highest BCUT2D eigenvalue weighted by Gasteiger charge is 2.45. The van der Waals surface area contributed by atoms with Gasteiger partial charge in [-0.2, -0.15) is 0 Å². The lowest BCUT2D eigenvalue weighted by molar-refractivity contribution is -0.161. The van der Waals surface area contributed by atoms with Gasteiger partial charge in [-0.05, 0) is 143 Å². The highest BCUT2D eigenvalue weighted by molar-refractivity contribution is 5.77. The first kappa shape index (κ1) is 31.7. The Morgan fingerprint density at radius 1 is 0.489 bits per heavy atom. The van der Waals surface area contributed by atoms with E-state index in [1.165, 1.54) is 26.2 Å². The molecule has 0 amide bonds. The Balaban J connectivity index is 0.000000278. The van der Waals surface area contributed by atoms with Crippen LogP contribution in [-0.4, -0.2) is 151 Å². The van der Waals surface area contributed by atoms with E-state index in [4.69, 9.17) is 122 Å². The van der Waals surface area contributed by atoms with E-state index in [1.54, 1.807) is 27.7 Å². The third kappa shape index (κ3) is 17.5. The van der Waals surface area contributed by atoms with Gasteiger partial charge in [-0.25, -0.2) is 0 Å². The van der Waals surface area contributed by atoms with E-state index < -0.39 is 272 Å². The largest absolute Gasteiger partial charge is 0.493 e. The summed E-state index contributed by atoms with van der Waals surface area (Å²) in [5.41, 5.74) is 14.9. The first-order valence-electron chi connectivity index (χ1n) is 52.0. The van der Waals surface area contributed by atoms with Crippen LogP contribution in [0.25, 0.3) is 0 Å². The summed E-state index contributed by atoms with van der Waals surface area (Å²) in [6, 6.07) is -18.5. The summed E-state index contributed by atoms with van der Waals surface area (Å²) in [6.07, 6.45) is -14.8. The number of hydrogen-bond donors (Lipinski definition) is 3. The van der Waals surface area contributed by atoms with Gasteiger partial charge in [0.05, 0.1) is 60.4 Å². The topological polar surface area (TPSA) is 222 Å². The number of ether oxygens (including phenoxy) is 9. The molecule has 0 aromatic heterocycles. The predicted molar refractivity (Wildman–Crippen MR) is 353 cm³/mol. The van der Waals surface area contributed by atoms with Gasteiger partial charge in [-0.1, -0.05) is 82.7 Å². The summed E-state index contributed by atoms with van der Waals surface area (Å²) in [7, 11) is 2.66. The van der Waals surface area contributed by atoms with Crippen molar-refractivity contribution in [3.63, 3.8) is 0 Å². The Hall–Kier alpha value is -5.37. The molecule has 6 N–H and O–H groups in total. The van der Waals surface area contributed by atoms with Crippen LogP contribution in [-0.2, 0) is 47.7 Å². The smallest absolute Gasteiger partial charge is 0.323 e. The zero-order valence-electron chi connectivity index (χ0n) is 98.2. The molecule has 0 aliphatic carbocycles. The van der Waals surface area contributed by atoms with Gasteiger partial charge in [0.2, 0.25) is 0 Å². The molecular weight excluding hydrogens is 1140 g/mol. The fourth-order valence-corrected chi connectivity index (χ4v) is 11.6. The quantitative estimate of drug-likeness (QED) is 0.0666. The molecule has 504 valence electrons. The van der Waals surface area contributed by atoms with Crippen LogP contribution in [0, 0.1) is 53.2 Å². The van der Waals surface area contributed by atoms with Crippen molar-refractivity contribution in [3.05, 3.63) is 69.6 Å². The number of carbonyl (C=O) groups is 3. The lowest BCUT2D eigenvalue weighted by Gasteiger charge is -2.47. The minimum atomic E-state index is -3.89. The van der Waals surface area contributed by atoms with Gasteiger partial charge >= 0.3 is 17.9 Å². The summed E-state index contributed by atoms with van der Waals surface area (Å²) in [5, 5.41) is 0. The molecule has 6 aliphatic heterocycles. The SMILES string of the molecule is [2H]c1c(OC)c(OC([2H])([2H])[2H])c([2H])c2c1C1CC(OC(=O)[C@@]([2H])(N)C([2H])(C([2H])([2H])[2H])C([2H])([2H])[2H])C(CC(C)C)CN1C([2H])([2H])C2([2H])[2H].[2H]c1c(OC)c(OC)c([2H])c2c1C1CC(OC(=O)[C@@]([2H])(N)C([2H])(C([2H])([2H])[2H])C([2H])([2H])[2H])C(CC(C)C)CN1C([2H])([2H])C2([2H])[2H].[2H]c1c(OC)c(OC)c([2H])c2c1C1CC([2H])(OC(=O)[C@@]([2H])(N)C([2H])(C([2H])([2H])[2H])C([2H])([2H])[2H])C(CC(C)C)CN1C([2H])([2H])C2([2H])[2H]. The Morgan fingerprint density at radius 2 is 0.789 bits per heavy atom. The molecule has 18 heteroatoms. The molecule has 9 unspecified atom stereocenters. The predicted octanol–water partition coefficient (Wildman–Crippen LogP) is 10.7. The van der Waals surface area contributed by atoms with Crippen molar-refractivity contribution in [1.82, 2.24) is 14.7 Å². The lowest BCUT2D eigenvalue weighted by Crippen LogP contribution is -2.51. The van der Waals surface area contributed by atoms with E-state index in [0.29, 0.717) is 0 Å². The second-order valence-electron chi connectivity index (χ2n) is 23.3. The maximum absolute atomic E-state index is 13.5. The van der Waals surface area contributed by atoms with E-state index in [1.807, 2.05) is 13.8 Å². The van der Waals surface area contributed by atoms with Crippen molar-refractivity contribution in [2.45, 2.75) is 195 Å². The zero-order chi connectivity index (χ0) is 106. The second kappa shape index (κ2) is 32.5. The Labute approximate surface area is 604 Å².